The number of aromatic nitrogens is 2. The molecule has 3 aromatic rings. The maximum Gasteiger partial charge on any atom is 0.266 e. The Hall–Kier alpha value is -3.56. The summed E-state index contributed by atoms with van der Waals surface area (Å²) in [6, 6.07) is 14.5. The van der Waals surface area contributed by atoms with Crippen LogP contribution in [-0.2, 0) is 22.6 Å². The van der Waals surface area contributed by atoms with E-state index in [9.17, 15) is 9.59 Å². The number of nitrogens with one attached hydrogen (secondary N) is 2. The van der Waals surface area contributed by atoms with Crippen LogP contribution in [0, 0.1) is 5.92 Å². The number of carbonyl (C=O) groups is 2. The molecule has 0 aliphatic carbocycles. The number of ether oxygens (including phenoxy) is 1. The third-order valence-corrected chi connectivity index (χ3v) is 8.61. The summed E-state index contributed by atoms with van der Waals surface area (Å²) in [6.07, 6.45) is 6.48. The van der Waals surface area contributed by atoms with E-state index in [1.807, 2.05) is 54.2 Å². The number of rotatable bonds is 6. The lowest BCUT2D eigenvalue weighted by Gasteiger charge is -2.38. The number of piperidine rings is 1. The molecule has 10 heteroatoms. The Balaban J connectivity index is 0.00000353. The van der Waals surface area contributed by atoms with Crippen LogP contribution in [-0.4, -0.2) is 83.2 Å². The topological polar surface area (TPSA) is 93.8 Å². The van der Waals surface area contributed by atoms with Crippen LogP contribution in [0.4, 0.5) is 5.69 Å². The second-order valence-electron chi connectivity index (χ2n) is 11.9. The van der Waals surface area contributed by atoms with Crippen molar-refractivity contribution in [3.63, 3.8) is 0 Å². The molecule has 0 unspecified atom stereocenters. The standard InChI is InChI=1S/C32H40N6O3.ClH/c1-32(2,31(40)36-15-11-33-12-16-36)41-29-7-3-6-28(18-29)37-13-4-5-26(22-37)30(39)38-14-10-24-17-23(8-9-25(24)21-38)27-19-34-35-20-27;/h3,6-9,17-20,26,33H,4-5,10-16,21-22H2,1-2H3,(H,34,35);1H/t26-;/m1./s1. The van der Waals surface area contributed by atoms with Crippen LogP contribution in [0.2, 0.25) is 0 Å². The molecule has 2 aromatic carbocycles. The minimum Gasteiger partial charge on any atom is -0.478 e. The normalized spacial score (nSPS) is 19.1. The van der Waals surface area contributed by atoms with Crippen molar-refractivity contribution in [2.45, 2.75) is 45.3 Å². The number of piperazine rings is 1. The highest BCUT2D eigenvalue weighted by Crippen LogP contribution is 2.31. The highest BCUT2D eigenvalue weighted by molar-refractivity contribution is 5.85. The molecule has 0 saturated carbocycles. The van der Waals surface area contributed by atoms with Crippen LogP contribution in [0.5, 0.6) is 5.75 Å². The number of hydrogen-bond acceptors (Lipinski definition) is 6. The van der Waals surface area contributed by atoms with Gasteiger partial charge in [0.15, 0.2) is 5.60 Å². The van der Waals surface area contributed by atoms with Gasteiger partial charge in [-0.1, -0.05) is 24.3 Å². The molecule has 2 amide bonds. The molecule has 0 radical (unpaired) electrons. The lowest BCUT2D eigenvalue weighted by atomic mass is 9.92. The van der Waals surface area contributed by atoms with E-state index in [1.165, 1.54) is 11.1 Å². The summed E-state index contributed by atoms with van der Waals surface area (Å²) in [5.41, 5.74) is 4.85. The molecule has 224 valence electrons. The van der Waals surface area contributed by atoms with Crippen molar-refractivity contribution in [1.82, 2.24) is 25.3 Å². The molecule has 9 nitrogen and oxygen atoms in total. The van der Waals surface area contributed by atoms with Gasteiger partial charge in [-0.2, -0.15) is 5.10 Å². The molecular formula is C32H41ClN6O3. The molecule has 2 fully saturated rings. The average Bonchev–Trinajstić information content (AvgIpc) is 3.55. The van der Waals surface area contributed by atoms with E-state index in [4.69, 9.17) is 4.74 Å². The van der Waals surface area contributed by atoms with Crippen LogP contribution in [0.15, 0.2) is 54.9 Å². The van der Waals surface area contributed by atoms with E-state index in [2.05, 4.69) is 44.7 Å². The summed E-state index contributed by atoms with van der Waals surface area (Å²) in [5, 5.41) is 10.2. The Morgan fingerprint density at radius 1 is 0.976 bits per heavy atom. The first kappa shape index (κ1) is 29.9. The fourth-order valence-electron chi connectivity index (χ4n) is 6.33. The van der Waals surface area contributed by atoms with Gasteiger partial charge in [-0.05, 0) is 61.9 Å². The first-order valence-electron chi connectivity index (χ1n) is 14.8. The lowest BCUT2D eigenvalue weighted by Crippen LogP contribution is -2.54. The van der Waals surface area contributed by atoms with Gasteiger partial charge in [-0.15, -0.1) is 12.4 Å². The molecule has 42 heavy (non-hydrogen) atoms. The predicted molar refractivity (Wildman–Crippen MR) is 166 cm³/mol. The maximum absolute atomic E-state index is 13.7. The number of fused-ring (bicyclic) bond motifs is 1. The fraction of sp³-hybridized carbons (Fsp3) is 0.469. The van der Waals surface area contributed by atoms with Crippen molar-refractivity contribution in [2.24, 2.45) is 5.92 Å². The van der Waals surface area contributed by atoms with Crippen molar-refractivity contribution in [1.29, 1.82) is 0 Å². The Morgan fingerprint density at radius 2 is 1.81 bits per heavy atom. The summed E-state index contributed by atoms with van der Waals surface area (Å²) < 4.78 is 6.26. The van der Waals surface area contributed by atoms with Crippen LogP contribution in [0.25, 0.3) is 11.1 Å². The van der Waals surface area contributed by atoms with Crippen molar-refractivity contribution in [3.8, 4) is 16.9 Å². The van der Waals surface area contributed by atoms with E-state index < -0.39 is 5.60 Å². The number of halogens is 1. The van der Waals surface area contributed by atoms with Crippen molar-refractivity contribution in [3.05, 3.63) is 66.0 Å². The fourth-order valence-corrected chi connectivity index (χ4v) is 6.33. The molecule has 6 rings (SSSR count). The first-order chi connectivity index (χ1) is 19.9. The number of anilines is 1. The highest BCUT2D eigenvalue weighted by atomic mass is 35.5. The molecule has 1 aromatic heterocycles. The van der Waals surface area contributed by atoms with Crippen molar-refractivity contribution >= 4 is 29.9 Å². The molecule has 3 aliphatic rings. The van der Waals surface area contributed by atoms with Crippen LogP contribution >= 0.6 is 12.4 Å². The number of benzene rings is 2. The van der Waals surface area contributed by atoms with Gasteiger partial charge >= 0.3 is 0 Å². The van der Waals surface area contributed by atoms with Crippen molar-refractivity contribution in [2.75, 3.05) is 50.7 Å². The summed E-state index contributed by atoms with van der Waals surface area (Å²) in [6.45, 7) is 9.69. The molecule has 0 spiro atoms. The summed E-state index contributed by atoms with van der Waals surface area (Å²) in [5.74, 6) is 0.890. The number of amides is 2. The molecule has 1 atom stereocenters. The maximum atomic E-state index is 13.7. The largest absolute Gasteiger partial charge is 0.478 e. The van der Waals surface area contributed by atoms with Gasteiger partial charge in [-0.3, -0.25) is 14.7 Å². The molecular weight excluding hydrogens is 552 g/mol. The van der Waals surface area contributed by atoms with E-state index in [-0.39, 0.29) is 30.1 Å². The van der Waals surface area contributed by atoms with Crippen LogP contribution in [0.1, 0.15) is 37.8 Å². The second kappa shape index (κ2) is 12.8. The van der Waals surface area contributed by atoms with E-state index in [1.54, 1.807) is 0 Å². The summed E-state index contributed by atoms with van der Waals surface area (Å²) in [4.78, 5) is 33.0. The van der Waals surface area contributed by atoms with Crippen molar-refractivity contribution < 1.29 is 14.3 Å². The molecule has 3 aliphatic heterocycles. The minimum atomic E-state index is -0.958. The number of aromatic amines is 1. The zero-order valence-electron chi connectivity index (χ0n) is 24.5. The van der Waals surface area contributed by atoms with Gasteiger partial charge in [0, 0.05) is 75.9 Å². The highest BCUT2D eigenvalue weighted by Gasteiger charge is 2.35. The molecule has 4 heterocycles. The van der Waals surface area contributed by atoms with E-state index in [0.717, 1.165) is 62.3 Å². The first-order valence-corrected chi connectivity index (χ1v) is 14.8. The zero-order valence-corrected chi connectivity index (χ0v) is 25.3. The number of nitrogens with zero attached hydrogens (tertiary/aromatic N) is 4. The Labute approximate surface area is 254 Å². The Morgan fingerprint density at radius 3 is 2.60 bits per heavy atom. The zero-order chi connectivity index (χ0) is 28.4. The Bertz CT molecular complexity index is 1390. The van der Waals surface area contributed by atoms with Crippen LogP contribution < -0.4 is 15.0 Å². The number of carbonyl (C=O) groups excluding carboxylic acids is 2. The smallest absolute Gasteiger partial charge is 0.266 e. The quantitative estimate of drug-likeness (QED) is 0.451. The second-order valence-corrected chi connectivity index (χ2v) is 11.9. The lowest BCUT2D eigenvalue weighted by molar-refractivity contribution is -0.146. The van der Waals surface area contributed by atoms with E-state index in [0.29, 0.717) is 31.9 Å². The number of H-pyrrole nitrogens is 1. The SMILES string of the molecule is CC(C)(Oc1cccc(N2CCC[C@@H](C(=O)N3CCc4cc(-c5cn[nH]c5)ccc4C3)C2)c1)C(=O)N1CCNCC1.Cl. The van der Waals surface area contributed by atoms with Gasteiger partial charge < -0.3 is 24.8 Å². The van der Waals surface area contributed by atoms with Gasteiger partial charge in [0.25, 0.3) is 5.91 Å². The van der Waals surface area contributed by atoms with E-state index >= 15 is 0 Å². The summed E-state index contributed by atoms with van der Waals surface area (Å²) in [7, 11) is 0. The van der Waals surface area contributed by atoms with Gasteiger partial charge in [-0.25, -0.2) is 0 Å². The summed E-state index contributed by atoms with van der Waals surface area (Å²) >= 11 is 0. The average molecular weight is 593 g/mol. The van der Waals surface area contributed by atoms with Gasteiger partial charge in [0.05, 0.1) is 12.1 Å². The molecule has 2 saturated heterocycles. The monoisotopic (exact) mass is 592 g/mol. The third kappa shape index (κ3) is 6.42. The molecule has 0 bridgehead atoms. The third-order valence-electron chi connectivity index (χ3n) is 8.61. The van der Waals surface area contributed by atoms with Gasteiger partial charge in [0.2, 0.25) is 5.91 Å². The van der Waals surface area contributed by atoms with Crippen LogP contribution in [0.3, 0.4) is 0 Å². The number of hydrogen-bond donors (Lipinski definition) is 2. The minimum absolute atomic E-state index is 0. The Kier molecular flexibility index (Phi) is 9.08. The predicted octanol–water partition coefficient (Wildman–Crippen LogP) is 3.89. The van der Waals surface area contributed by atoms with Gasteiger partial charge in [0.1, 0.15) is 5.75 Å². The molecule has 2 N–H and O–H groups in total.